The lowest BCUT2D eigenvalue weighted by molar-refractivity contribution is -0.140. The third-order valence-corrected chi connectivity index (χ3v) is 4.14. The number of rotatable bonds is 6. The van der Waals surface area contributed by atoms with Crippen molar-refractivity contribution in [2.75, 3.05) is 33.5 Å². The summed E-state index contributed by atoms with van der Waals surface area (Å²) in [6, 6.07) is 0. The Balaban J connectivity index is 1.75. The fourth-order valence-electron chi connectivity index (χ4n) is 3.10. The van der Waals surface area contributed by atoms with Crippen LogP contribution in [0.5, 0.6) is 0 Å². The van der Waals surface area contributed by atoms with E-state index in [0.29, 0.717) is 13.2 Å². The molecular weight excluding hydrogens is 232 g/mol. The lowest BCUT2D eigenvalue weighted by Crippen LogP contribution is -2.40. The van der Waals surface area contributed by atoms with Crippen molar-refractivity contribution in [1.29, 1.82) is 0 Å². The van der Waals surface area contributed by atoms with Crippen molar-refractivity contribution in [3.63, 3.8) is 0 Å². The quantitative estimate of drug-likeness (QED) is 0.681. The summed E-state index contributed by atoms with van der Waals surface area (Å²) in [6.45, 7) is 2.00. The van der Waals surface area contributed by atoms with Crippen LogP contribution in [0.4, 0.5) is 0 Å². The predicted molar refractivity (Wildman–Crippen MR) is 67.6 cm³/mol. The molecule has 4 heteroatoms. The van der Waals surface area contributed by atoms with Gasteiger partial charge in [-0.05, 0) is 25.7 Å². The first-order valence-corrected chi connectivity index (χ1v) is 6.99. The Labute approximate surface area is 109 Å². The molecular formula is C14H24O4. The molecule has 0 N–H and O–H groups in total. The van der Waals surface area contributed by atoms with Crippen LogP contribution in [0.2, 0.25) is 0 Å². The fourth-order valence-corrected chi connectivity index (χ4v) is 3.10. The second kappa shape index (κ2) is 6.64. The van der Waals surface area contributed by atoms with Crippen molar-refractivity contribution >= 4 is 5.78 Å². The summed E-state index contributed by atoms with van der Waals surface area (Å²) in [7, 11) is 1.63. The second-order valence-electron chi connectivity index (χ2n) is 5.44. The first-order valence-electron chi connectivity index (χ1n) is 6.99. The normalized spacial score (nSPS) is 26.6. The van der Waals surface area contributed by atoms with E-state index in [9.17, 15) is 4.79 Å². The molecule has 2 aliphatic rings. The Kier molecular flexibility index (Phi) is 5.15. The first kappa shape index (κ1) is 14.0. The zero-order valence-electron chi connectivity index (χ0n) is 11.3. The van der Waals surface area contributed by atoms with Gasteiger partial charge in [0.1, 0.15) is 6.61 Å². The highest BCUT2D eigenvalue weighted by Gasteiger charge is 2.41. The molecule has 0 aromatic heterocycles. The molecule has 18 heavy (non-hydrogen) atoms. The molecule has 1 heterocycles. The molecule has 1 spiro atoms. The van der Waals surface area contributed by atoms with Gasteiger partial charge in [0.15, 0.2) is 5.78 Å². The van der Waals surface area contributed by atoms with Crippen LogP contribution in [-0.2, 0) is 19.0 Å². The molecule has 1 saturated carbocycles. The fraction of sp³-hybridized carbons (Fsp3) is 0.929. The van der Waals surface area contributed by atoms with Crippen molar-refractivity contribution in [2.45, 2.75) is 44.1 Å². The Morgan fingerprint density at radius 1 is 1.33 bits per heavy atom. The molecule has 2 rings (SSSR count). The molecule has 1 unspecified atom stereocenters. The van der Waals surface area contributed by atoms with Gasteiger partial charge in [-0.2, -0.15) is 0 Å². The summed E-state index contributed by atoms with van der Waals surface area (Å²) in [5, 5.41) is 0. The molecule has 0 bridgehead atoms. The van der Waals surface area contributed by atoms with Crippen LogP contribution in [0.25, 0.3) is 0 Å². The van der Waals surface area contributed by atoms with Gasteiger partial charge in [-0.25, -0.2) is 0 Å². The minimum atomic E-state index is 0.0190. The van der Waals surface area contributed by atoms with Gasteiger partial charge in [-0.15, -0.1) is 0 Å². The van der Waals surface area contributed by atoms with Crippen molar-refractivity contribution in [2.24, 2.45) is 5.92 Å². The number of hydrogen-bond acceptors (Lipinski definition) is 4. The predicted octanol–water partition coefficient (Wildman–Crippen LogP) is 1.96. The monoisotopic (exact) mass is 256 g/mol. The maximum absolute atomic E-state index is 12.1. The highest BCUT2D eigenvalue weighted by atomic mass is 16.5. The van der Waals surface area contributed by atoms with Gasteiger partial charge < -0.3 is 14.2 Å². The molecule has 0 aromatic rings. The van der Waals surface area contributed by atoms with Crippen LogP contribution >= 0.6 is 0 Å². The first-order chi connectivity index (χ1) is 8.76. The number of carbonyl (C=O) groups excluding carboxylic acids is 1. The zero-order chi connectivity index (χ0) is 12.8. The van der Waals surface area contributed by atoms with Crippen molar-refractivity contribution < 1.29 is 19.0 Å². The summed E-state index contributed by atoms with van der Waals surface area (Å²) in [4.78, 5) is 12.1. The molecule has 1 atom stereocenters. The molecule has 1 saturated heterocycles. The van der Waals surface area contributed by atoms with Crippen molar-refractivity contribution in [1.82, 2.24) is 0 Å². The van der Waals surface area contributed by atoms with E-state index < -0.39 is 0 Å². The molecule has 1 aliphatic carbocycles. The van der Waals surface area contributed by atoms with Crippen LogP contribution in [0.15, 0.2) is 0 Å². The van der Waals surface area contributed by atoms with Gasteiger partial charge in [0, 0.05) is 19.6 Å². The van der Waals surface area contributed by atoms with Crippen LogP contribution in [0.3, 0.4) is 0 Å². The molecule has 4 nitrogen and oxygen atoms in total. The van der Waals surface area contributed by atoms with Gasteiger partial charge in [-0.3, -0.25) is 4.79 Å². The Bertz CT molecular complexity index is 271. The van der Waals surface area contributed by atoms with E-state index in [1.54, 1.807) is 7.11 Å². The third-order valence-electron chi connectivity index (χ3n) is 4.14. The number of ether oxygens (including phenoxy) is 3. The van der Waals surface area contributed by atoms with E-state index in [-0.39, 0.29) is 23.9 Å². The lowest BCUT2D eigenvalue weighted by atomic mass is 9.82. The Hall–Kier alpha value is -0.450. The van der Waals surface area contributed by atoms with Gasteiger partial charge >= 0.3 is 0 Å². The number of carbonyl (C=O) groups is 1. The molecule has 104 valence electrons. The standard InChI is InChI=1S/C14H24O4/c1-16-8-9-17-11-13(15)12-4-7-18-14(10-12)5-2-3-6-14/h12H,2-11H2,1H3. The molecule has 0 aromatic carbocycles. The Morgan fingerprint density at radius 3 is 2.83 bits per heavy atom. The third kappa shape index (κ3) is 3.53. The largest absolute Gasteiger partial charge is 0.382 e. The topological polar surface area (TPSA) is 44.8 Å². The van der Waals surface area contributed by atoms with Crippen LogP contribution in [0.1, 0.15) is 38.5 Å². The summed E-state index contributed by atoms with van der Waals surface area (Å²) in [5.41, 5.74) is 0.0190. The summed E-state index contributed by atoms with van der Waals surface area (Å²) in [6.07, 6.45) is 6.49. The van der Waals surface area contributed by atoms with Gasteiger partial charge in [-0.1, -0.05) is 12.8 Å². The van der Waals surface area contributed by atoms with E-state index in [2.05, 4.69) is 0 Å². The average Bonchev–Trinajstić information content (AvgIpc) is 2.82. The van der Waals surface area contributed by atoms with E-state index in [0.717, 1.165) is 32.3 Å². The maximum atomic E-state index is 12.1. The van der Waals surface area contributed by atoms with E-state index in [1.807, 2.05) is 0 Å². The molecule has 0 radical (unpaired) electrons. The minimum Gasteiger partial charge on any atom is -0.382 e. The molecule has 1 aliphatic heterocycles. The average molecular weight is 256 g/mol. The number of methoxy groups -OCH3 is 1. The highest BCUT2D eigenvalue weighted by molar-refractivity contribution is 5.82. The van der Waals surface area contributed by atoms with E-state index in [4.69, 9.17) is 14.2 Å². The van der Waals surface area contributed by atoms with Crippen molar-refractivity contribution in [3.05, 3.63) is 0 Å². The van der Waals surface area contributed by atoms with E-state index >= 15 is 0 Å². The molecule has 2 fully saturated rings. The SMILES string of the molecule is COCCOCC(=O)C1CCOC2(CCCC2)C1. The summed E-state index contributed by atoms with van der Waals surface area (Å²) < 4.78 is 16.2. The maximum Gasteiger partial charge on any atom is 0.161 e. The van der Waals surface area contributed by atoms with Crippen LogP contribution in [-0.4, -0.2) is 44.9 Å². The van der Waals surface area contributed by atoms with E-state index in [1.165, 1.54) is 12.8 Å². The van der Waals surface area contributed by atoms with Gasteiger partial charge in [0.2, 0.25) is 0 Å². The van der Waals surface area contributed by atoms with Crippen molar-refractivity contribution in [3.8, 4) is 0 Å². The smallest absolute Gasteiger partial charge is 0.161 e. The summed E-state index contributed by atoms with van der Waals surface area (Å²) >= 11 is 0. The second-order valence-corrected chi connectivity index (χ2v) is 5.44. The number of ketones is 1. The lowest BCUT2D eigenvalue weighted by Gasteiger charge is -2.37. The van der Waals surface area contributed by atoms with Crippen LogP contribution < -0.4 is 0 Å². The van der Waals surface area contributed by atoms with Gasteiger partial charge in [0.05, 0.1) is 18.8 Å². The van der Waals surface area contributed by atoms with Gasteiger partial charge in [0.25, 0.3) is 0 Å². The number of Topliss-reactive ketones (excluding diaryl/α,β-unsaturated/α-hetero) is 1. The Morgan fingerprint density at radius 2 is 2.11 bits per heavy atom. The summed E-state index contributed by atoms with van der Waals surface area (Å²) in [5.74, 6) is 0.375. The minimum absolute atomic E-state index is 0.0190. The number of hydrogen-bond donors (Lipinski definition) is 0. The molecule has 0 amide bonds. The highest BCUT2D eigenvalue weighted by Crippen LogP contribution is 2.42. The van der Waals surface area contributed by atoms with Crippen LogP contribution in [0, 0.1) is 5.92 Å². The zero-order valence-corrected chi connectivity index (χ0v) is 11.3.